The van der Waals surface area contributed by atoms with Crippen molar-refractivity contribution >= 4 is 34.7 Å². The third kappa shape index (κ3) is 6.29. The van der Waals surface area contributed by atoms with Gasteiger partial charge in [-0.1, -0.05) is 54.1 Å². The number of halogens is 4. The van der Waals surface area contributed by atoms with E-state index in [-0.39, 0.29) is 6.03 Å². The van der Waals surface area contributed by atoms with Crippen LogP contribution in [0.3, 0.4) is 0 Å². The van der Waals surface area contributed by atoms with Gasteiger partial charge in [-0.2, -0.15) is 13.2 Å². The number of carbonyl (C=O) groups excluding carboxylic acids is 1. The molecule has 190 valence electrons. The third-order valence-electron chi connectivity index (χ3n) is 6.01. The molecule has 1 aliphatic heterocycles. The van der Waals surface area contributed by atoms with E-state index >= 15 is 0 Å². The Kier molecular flexibility index (Phi) is 7.73. The van der Waals surface area contributed by atoms with Gasteiger partial charge in [0.1, 0.15) is 0 Å². The summed E-state index contributed by atoms with van der Waals surface area (Å²) in [4.78, 5) is 16.6. The van der Waals surface area contributed by atoms with Crippen molar-refractivity contribution in [3.63, 3.8) is 0 Å². The van der Waals surface area contributed by atoms with Gasteiger partial charge in [0, 0.05) is 55.3 Å². The van der Waals surface area contributed by atoms with E-state index in [1.165, 1.54) is 12.1 Å². The number of aliphatic hydroxyl groups is 1. The zero-order valence-electron chi connectivity index (χ0n) is 19.3. The minimum absolute atomic E-state index is 0.315. The number of alkyl halides is 4. The molecular weight excluding hydrogens is 493 g/mol. The van der Waals surface area contributed by atoms with Crippen LogP contribution in [-0.2, 0) is 11.6 Å². The van der Waals surface area contributed by atoms with Crippen molar-refractivity contribution in [3.8, 4) is 0 Å². The van der Waals surface area contributed by atoms with Crippen LogP contribution in [0.2, 0.25) is 0 Å². The Labute approximate surface area is 212 Å². The largest absolute Gasteiger partial charge is 0.436 e. The van der Waals surface area contributed by atoms with Gasteiger partial charge in [-0.25, -0.2) is 4.79 Å². The molecule has 3 aromatic carbocycles. The van der Waals surface area contributed by atoms with Crippen LogP contribution < -0.4 is 15.5 Å². The van der Waals surface area contributed by atoms with Crippen LogP contribution in [0, 0.1) is 0 Å². The maximum atomic E-state index is 12.9. The van der Waals surface area contributed by atoms with Gasteiger partial charge >= 0.3 is 12.2 Å². The number of hydrogen-bond acceptors (Lipinski definition) is 4. The SMILES string of the molecule is O=C(Nc1ccccc1)Nc1ccc(N2CCN(Cc3ccc(C(O)(Cl)C(F)(F)F)cc3)CC2)cc1. The molecule has 0 aliphatic carbocycles. The van der Waals surface area contributed by atoms with Gasteiger partial charge in [-0.3, -0.25) is 4.90 Å². The van der Waals surface area contributed by atoms with Gasteiger partial charge < -0.3 is 20.6 Å². The van der Waals surface area contributed by atoms with Crippen LogP contribution in [0.1, 0.15) is 11.1 Å². The summed E-state index contributed by atoms with van der Waals surface area (Å²) in [7, 11) is 0. The van der Waals surface area contributed by atoms with Gasteiger partial charge in [-0.15, -0.1) is 0 Å². The van der Waals surface area contributed by atoms with Crippen LogP contribution in [0.5, 0.6) is 0 Å². The standard InChI is InChI=1S/C26H26ClF3N4O2/c27-25(36,26(28,29)30)20-8-6-19(7-9-20)18-33-14-16-34(17-15-33)23-12-10-22(11-13-23)32-24(35)31-21-4-2-1-3-5-21/h1-13,36H,14-18H2,(H2,31,32,35). The van der Waals surface area contributed by atoms with Crippen LogP contribution in [0.15, 0.2) is 78.9 Å². The maximum Gasteiger partial charge on any atom is 0.436 e. The number of para-hydroxylation sites is 1. The molecular formula is C26H26ClF3N4O2. The second kappa shape index (κ2) is 10.8. The van der Waals surface area contributed by atoms with Gasteiger partial charge in [0.05, 0.1) is 0 Å². The smallest absolute Gasteiger partial charge is 0.369 e. The zero-order chi connectivity index (χ0) is 25.8. The molecule has 36 heavy (non-hydrogen) atoms. The molecule has 0 bridgehead atoms. The Morgan fingerprint density at radius 2 is 1.39 bits per heavy atom. The maximum absolute atomic E-state index is 12.9. The quantitative estimate of drug-likeness (QED) is 0.372. The minimum atomic E-state index is -4.96. The average Bonchev–Trinajstić information content (AvgIpc) is 2.85. The van der Waals surface area contributed by atoms with Crippen molar-refractivity contribution in [2.24, 2.45) is 0 Å². The first-order chi connectivity index (χ1) is 17.1. The molecule has 4 rings (SSSR count). The van der Waals surface area contributed by atoms with Gasteiger partial charge in [0.2, 0.25) is 0 Å². The molecule has 2 amide bonds. The lowest BCUT2D eigenvalue weighted by atomic mass is 10.1. The summed E-state index contributed by atoms with van der Waals surface area (Å²) in [5, 5.41) is 11.8. The molecule has 6 nitrogen and oxygen atoms in total. The fraction of sp³-hybridized carbons (Fsp3) is 0.269. The molecule has 1 fully saturated rings. The van der Waals surface area contributed by atoms with Crippen molar-refractivity contribution in [1.29, 1.82) is 0 Å². The normalized spacial score (nSPS) is 16.3. The topological polar surface area (TPSA) is 67.8 Å². The van der Waals surface area contributed by atoms with E-state index in [1.807, 2.05) is 54.6 Å². The first-order valence-electron chi connectivity index (χ1n) is 11.4. The first-order valence-corrected chi connectivity index (χ1v) is 11.8. The molecule has 0 saturated carbocycles. The number of hydrogen-bond donors (Lipinski definition) is 3. The lowest BCUT2D eigenvalue weighted by Gasteiger charge is -2.36. The minimum Gasteiger partial charge on any atom is -0.369 e. The fourth-order valence-corrected chi connectivity index (χ4v) is 4.11. The highest BCUT2D eigenvalue weighted by Gasteiger charge is 2.54. The number of urea groups is 1. The lowest BCUT2D eigenvalue weighted by molar-refractivity contribution is -0.228. The molecule has 1 saturated heterocycles. The van der Waals surface area contributed by atoms with Crippen LogP contribution in [0.25, 0.3) is 0 Å². The number of carbonyl (C=O) groups is 1. The van der Waals surface area contributed by atoms with Crippen LogP contribution >= 0.6 is 11.6 Å². The average molecular weight is 519 g/mol. The Morgan fingerprint density at radius 1 is 0.833 bits per heavy atom. The van der Waals surface area contributed by atoms with Crippen LogP contribution in [0.4, 0.5) is 35.0 Å². The van der Waals surface area contributed by atoms with E-state index in [9.17, 15) is 23.1 Å². The van der Waals surface area contributed by atoms with Crippen molar-refractivity contribution in [2.75, 3.05) is 41.7 Å². The summed E-state index contributed by atoms with van der Waals surface area (Å²) in [5.74, 6) is 0. The summed E-state index contributed by atoms with van der Waals surface area (Å²) in [6, 6.07) is 22.0. The number of nitrogens with one attached hydrogen (secondary N) is 2. The number of piperazine rings is 1. The summed E-state index contributed by atoms with van der Waals surface area (Å²) < 4.78 is 38.7. The Balaban J connectivity index is 1.26. The molecule has 1 unspecified atom stereocenters. The molecule has 10 heteroatoms. The van der Waals surface area contributed by atoms with Crippen molar-refractivity contribution in [3.05, 3.63) is 90.0 Å². The predicted molar refractivity (Wildman–Crippen MR) is 135 cm³/mol. The molecule has 3 N–H and O–H groups in total. The second-order valence-electron chi connectivity index (χ2n) is 8.57. The highest BCUT2D eigenvalue weighted by atomic mass is 35.5. The summed E-state index contributed by atoms with van der Waals surface area (Å²) in [6.45, 7) is 3.72. The van der Waals surface area contributed by atoms with E-state index in [0.717, 1.165) is 37.4 Å². The van der Waals surface area contributed by atoms with E-state index in [2.05, 4.69) is 20.4 Å². The van der Waals surface area contributed by atoms with Gasteiger partial charge in [-0.05, 0) is 42.0 Å². The van der Waals surface area contributed by atoms with E-state index in [1.54, 1.807) is 12.1 Å². The Hall–Kier alpha value is -3.27. The number of rotatable bonds is 6. The molecule has 0 spiro atoms. The van der Waals surface area contributed by atoms with Gasteiger partial charge in [0.25, 0.3) is 5.06 Å². The number of benzene rings is 3. The number of anilines is 3. The van der Waals surface area contributed by atoms with E-state index in [4.69, 9.17) is 11.6 Å². The molecule has 1 heterocycles. The summed E-state index contributed by atoms with van der Waals surface area (Å²) in [5.41, 5.74) is 2.87. The summed E-state index contributed by atoms with van der Waals surface area (Å²) in [6.07, 6.45) is -4.96. The van der Waals surface area contributed by atoms with Crippen molar-refractivity contribution < 1.29 is 23.1 Å². The number of nitrogens with zero attached hydrogens (tertiary/aromatic N) is 2. The van der Waals surface area contributed by atoms with Gasteiger partial charge in [0.15, 0.2) is 0 Å². The lowest BCUT2D eigenvalue weighted by Crippen LogP contribution is -2.46. The molecule has 0 radical (unpaired) electrons. The molecule has 0 aromatic heterocycles. The first kappa shape index (κ1) is 25.8. The number of amides is 2. The fourth-order valence-electron chi connectivity index (χ4n) is 3.99. The molecule has 1 aliphatic rings. The molecule has 3 aromatic rings. The monoisotopic (exact) mass is 518 g/mol. The predicted octanol–water partition coefficient (Wildman–Crippen LogP) is 5.60. The van der Waals surface area contributed by atoms with E-state index in [0.29, 0.717) is 17.9 Å². The molecule has 1 atom stereocenters. The van der Waals surface area contributed by atoms with Crippen molar-refractivity contribution in [2.45, 2.75) is 17.8 Å². The van der Waals surface area contributed by atoms with E-state index < -0.39 is 16.8 Å². The second-order valence-corrected chi connectivity index (χ2v) is 9.12. The van der Waals surface area contributed by atoms with Crippen molar-refractivity contribution in [1.82, 2.24) is 4.90 Å². The van der Waals surface area contributed by atoms with Crippen LogP contribution in [-0.4, -0.2) is 48.4 Å². The Morgan fingerprint density at radius 3 is 1.94 bits per heavy atom. The summed E-state index contributed by atoms with van der Waals surface area (Å²) >= 11 is 5.31. The highest BCUT2D eigenvalue weighted by molar-refractivity contribution is 6.23. The third-order valence-corrected chi connectivity index (χ3v) is 6.45. The Bertz CT molecular complexity index is 1150. The zero-order valence-corrected chi connectivity index (χ0v) is 20.1. The highest BCUT2D eigenvalue weighted by Crippen LogP contribution is 2.42.